The van der Waals surface area contributed by atoms with Crippen molar-refractivity contribution in [1.82, 2.24) is 10.2 Å². The first kappa shape index (κ1) is 21.4. The van der Waals surface area contributed by atoms with Crippen molar-refractivity contribution in [2.24, 2.45) is 5.92 Å². The fraction of sp³-hybridized carbons (Fsp3) is 0.440. The van der Waals surface area contributed by atoms with Crippen LogP contribution in [0, 0.1) is 26.7 Å². The number of hydrogen-bond donors (Lipinski definition) is 1. The van der Waals surface area contributed by atoms with Gasteiger partial charge in [-0.05, 0) is 81.9 Å². The van der Waals surface area contributed by atoms with Gasteiger partial charge in [0.25, 0.3) is 5.91 Å². The molecule has 1 aliphatic rings. The van der Waals surface area contributed by atoms with Gasteiger partial charge in [-0.25, -0.2) is 0 Å². The summed E-state index contributed by atoms with van der Waals surface area (Å²) in [6.45, 7) is 10.3. The van der Waals surface area contributed by atoms with E-state index in [0.29, 0.717) is 23.4 Å². The summed E-state index contributed by atoms with van der Waals surface area (Å²) >= 11 is 0. The third kappa shape index (κ3) is 4.59. The molecule has 6 nitrogen and oxygen atoms in total. The summed E-state index contributed by atoms with van der Waals surface area (Å²) in [5.41, 5.74) is 2.09. The van der Waals surface area contributed by atoms with E-state index in [1.807, 2.05) is 39.0 Å². The third-order valence-corrected chi connectivity index (χ3v) is 6.19. The van der Waals surface area contributed by atoms with Gasteiger partial charge in [0.1, 0.15) is 17.1 Å². The molecule has 0 saturated carbocycles. The normalized spacial score (nSPS) is 16.5. The molecule has 3 aromatic rings. The first-order chi connectivity index (χ1) is 14.8. The van der Waals surface area contributed by atoms with Crippen LogP contribution in [0.3, 0.4) is 0 Å². The molecule has 3 heterocycles. The average Bonchev–Trinajstić information content (AvgIpc) is 3.16. The molecule has 1 saturated heterocycles. The Kier molecular flexibility index (Phi) is 6.01. The predicted octanol–water partition coefficient (Wildman–Crippen LogP) is 4.51. The van der Waals surface area contributed by atoms with Gasteiger partial charge in [0.15, 0.2) is 11.2 Å². The van der Waals surface area contributed by atoms with Gasteiger partial charge in [0.2, 0.25) is 0 Å². The van der Waals surface area contributed by atoms with E-state index in [9.17, 15) is 9.59 Å². The topological polar surface area (TPSA) is 75.7 Å². The Morgan fingerprint density at radius 1 is 1.13 bits per heavy atom. The van der Waals surface area contributed by atoms with Gasteiger partial charge in [-0.3, -0.25) is 14.5 Å². The molecular weight excluding hydrogens is 392 g/mol. The van der Waals surface area contributed by atoms with Crippen LogP contribution in [-0.4, -0.2) is 30.4 Å². The molecule has 4 rings (SSSR count). The summed E-state index contributed by atoms with van der Waals surface area (Å²) in [5, 5.41) is 3.47. The molecule has 0 radical (unpaired) electrons. The molecule has 1 N–H and O–H groups in total. The molecule has 31 heavy (non-hydrogen) atoms. The van der Waals surface area contributed by atoms with Crippen molar-refractivity contribution in [3.63, 3.8) is 0 Å². The standard InChI is InChI=1S/C25H30N2O4/c1-15-7-9-27(10-8-15)20(22-6-5-18(4)30-22)14-26-25(29)23-13-21(28)19-12-16(2)11-17(3)24(19)31-23/h5-6,11-13,15,20H,7-10,14H2,1-4H3,(H,26,29)/t20-/m1/s1. The van der Waals surface area contributed by atoms with Crippen LogP contribution in [-0.2, 0) is 0 Å². The maximum atomic E-state index is 12.9. The van der Waals surface area contributed by atoms with Gasteiger partial charge in [-0.1, -0.05) is 13.0 Å². The lowest BCUT2D eigenvalue weighted by atomic mass is 9.97. The fourth-order valence-electron chi connectivity index (χ4n) is 4.38. The number of fused-ring (bicyclic) bond motifs is 1. The van der Waals surface area contributed by atoms with E-state index in [-0.39, 0.29) is 17.2 Å². The number of benzene rings is 1. The highest BCUT2D eigenvalue weighted by Gasteiger charge is 2.27. The minimum absolute atomic E-state index is 0.0334. The number of hydrogen-bond acceptors (Lipinski definition) is 5. The van der Waals surface area contributed by atoms with E-state index in [1.54, 1.807) is 6.07 Å². The van der Waals surface area contributed by atoms with Crippen LogP contribution in [0.5, 0.6) is 0 Å². The van der Waals surface area contributed by atoms with Gasteiger partial charge < -0.3 is 14.2 Å². The van der Waals surface area contributed by atoms with E-state index in [1.165, 1.54) is 6.07 Å². The van der Waals surface area contributed by atoms with Crippen LogP contribution in [0.25, 0.3) is 11.0 Å². The first-order valence-electron chi connectivity index (χ1n) is 11.0. The highest BCUT2D eigenvalue weighted by atomic mass is 16.3. The van der Waals surface area contributed by atoms with Crippen LogP contribution in [0.1, 0.15) is 59.0 Å². The van der Waals surface area contributed by atoms with Crippen molar-refractivity contribution in [1.29, 1.82) is 0 Å². The number of carbonyl (C=O) groups is 1. The lowest BCUT2D eigenvalue weighted by Crippen LogP contribution is -2.41. The molecule has 0 bridgehead atoms. The quantitative estimate of drug-likeness (QED) is 0.655. The Morgan fingerprint density at radius 3 is 2.55 bits per heavy atom. The zero-order chi connectivity index (χ0) is 22.1. The summed E-state index contributed by atoms with van der Waals surface area (Å²) in [7, 11) is 0. The summed E-state index contributed by atoms with van der Waals surface area (Å²) < 4.78 is 11.7. The summed E-state index contributed by atoms with van der Waals surface area (Å²) in [6.07, 6.45) is 2.25. The van der Waals surface area contributed by atoms with E-state index in [0.717, 1.165) is 48.6 Å². The maximum absolute atomic E-state index is 12.9. The number of nitrogens with zero attached hydrogens (tertiary/aromatic N) is 1. The summed E-state index contributed by atoms with van der Waals surface area (Å²) in [5.74, 6) is 2.05. The second-order valence-electron chi connectivity index (χ2n) is 8.83. The fourth-order valence-corrected chi connectivity index (χ4v) is 4.38. The first-order valence-corrected chi connectivity index (χ1v) is 11.0. The van der Waals surface area contributed by atoms with Crippen molar-refractivity contribution in [3.05, 3.63) is 69.0 Å². The van der Waals surface area contributed by atoms with Crippen LogP contribution >= 0.6 is 0 Å². The lowest BCUT2D eigenvalue weighted by molar-refractivity contribution is 0.0870. The smallest absolute Gasteiger partial charge is 0.287 e. The molecule has 1 aromatic carbocycles. The van der Waals surface area contributed by atoms with Crippen LogP contribution in [0.15, 0.2) is 44.0 Å². The van der Waals surface area contributed by atoms with E-state index < -0.39 is 5.91 Å². The molecule has 6 heteroatoms. The van der Waals surface area contributed by atoms with E-state index in [2.05, 4.69) is 17.1 Å². The highest BCUT2D eigenvalue weighted by molar-refractivity contribution is 5.93. The van der Waals surface area contributed by atoms with E-state index in [4.69, 9.17) is 8.83 Å². The number of amides is 1. The van der Waals surface area contributed by atoms with Crippen molar-refractivity contribution in [3.8, 4) is 0 Å². The molecular formula is C25H30N2O4. The summed E-state index contributed by atoms with van der Waals surface area (Å²) in [6, 6.07) is 8.89. The minimum atomic E-state index is -0.391. The molecule has 1 aliphatic heterocycles. The number of rotatable bonds is 5. The van der Waals surface area contributed by atoms with Crippen LogP contribution in [0.2, 0.25) is 0 Å². The SMILES string of the molecule is Cc1cc(C)c2oc(C(=O)NC[C@H](c3ccc(C)o3)N3CCC(C)CC3)cc(=O)c2c1. The monoisotopic (exact) mass is 422 g/mol. The molecule has 1 fully saturated rings. The van der Waals surface area contributed by atoms with Crippen LogP contribution < -0.4 is 10.7 Å². The number of nitrogens with one attached hydrogen (secondary N) is 1. The Hall–Kier alpha value is -2.86. The third-order valence-electron chi connectivity index (χ3n) is 6.19. The maximum Gasteiger partial charge on any atom is 0.287 e. The van der Waals surface area contributed by atoms with Crippen molar-refractivity contribution >= 4 is 16.9 Å². The Balaban J connectivity index is 1.56. The minimum Gasteiger partial charge on any atom is -0.465 e. The predicted molar refractivity (Wildman–Crippen MR) is 120 cm³/mol. The van der Waals surface area contributed by atoms with Gasteiger partial charge in [0.05, 0.1) is 11.4 Å². The van der Waals surface area contributed by atoms with Crippen molar-refractivity contribution in [2.75, 3.05) is 19.6 Å². The summed E-state index contributed by atoms with van der Waals surface area (Å²) in [4.78, 5) is 27.9. The van der Waals surface area contributed by atoms with E-state index >= 15 is 0 Å². The van der Waals surface area contributed by atoms with Crippen LogP contribution in [0.4, 0.5) is 0 Å². The Morgan fingerprint density at radius 2 is 1.87 bits per heavy atom. The molecule has 0 aliphatic carbocycles. The zero-order valence-corrected chi connectivity index (χ0v) is 18.7. The number of furan rings is 1. The molecule has 0 unspecified atom stereocenters. The molecule has 0 spiro atoms. The zero-order valence-electron chi connectivity index (χ0n) is 18.7. The number of carbonyl (C=O) groups excluding carboxylic acids is 1. The highest BCUT2D eigenvalue weighted by Crippen LogP contribution is 2.28. The van der Waals surface area contributed by atoms with Crippen molar-refractivity contribution in [2.45, 2.75) is 46.6 Å². The second-order valence-corrected chi connectivity index (χ2v) is 8.83. The second kappa shape index (κ2) is 8.71. The van der Waals surface area contributed by atoms with Gasteiger partial charge >= 0.3 is 0 Å². The Bertz CT molecular complexity index is 1150. The molecule has 164 valence electrons. The van der Waals surface area contributed by atoms with Crippen molar-refractivity contribution < 1.29 is 13.6 Å². The van der Waals surface area contributed by atoms with Gasteiger partial charge in [0, 0.05) is 12.6 Å². The van der Waals surface area contributed by atoms with Gasteiger partial charge in [-0.2, -0.15) is 0 Å². The average molecular weight is 423 g/mol. The lowest BCUT2D eigenvalue weighted by Gasteiger charge is -2.35. The molecule has 2 aromatic heterocycles. The molecule has 1 amide bonds. The largest absolute Gasteiger partial charge is 0.465 e. The Labute approximate surface area is 182 Å². The number of aryl methyl sites for hydroxylation is 3. The van der Waals surface area contributed by atoms with Gasteiger partial charge in [-0.15, -0.1) is 0 Å². The number of piperidine rings is 1. The number of likely N-dealkylation sites (tertiary alicyclic amines) is 1. The molecule has 1 atom stereocenters.